The molecule has 1 aromatic carbocycles. The van der Waals surface area contributed by atoms with Crippen LogP contribution in [0.2, 0.25) is 5.02 Å². The second kappa shape index (κ2) is 7.21. The molecule has 1 atom stereocenters. The van der Waals surface area contributed by atoms with Crippen molar-refractivity contribution in [3.63, 3.8) is 0 Å². The summed E-state index contributed by atoms with van der Waals surface area (Å²) in [4.78, 5) is 4.78. The molecule has 1 unspecified atom stereocenters. The molecule has 0 spiro atoms. The lowest BCUT2D eigenvalue weighted by atomic mass is 9.95. The molecule has 1 aliphatic heterocycles. The summed E-state index contributed by atoms with van der Waals surface area (Å²) >= 11 is 5.92. The number of piperidine rings is 1. The number of aromatic nitrogens is 1. The molecule has 0 saturated carbocycles. The number of halogens is 1. The Hall–Kier alpha value is -1.43. The first-order valence-corrected chi connectivity index (χ1v) is 10.3. The van der Waals surface area contributed by atoms with Gasteiger partial charge in [0, 0.05) is 41.8 Å². The van der Waals surface area contributed by atoms with Gasteiger partial charge in [0.15, 0.2) is 0 Å². The van der Waals surface area contributed by atoms with Crippen molar-refractivity contribution in [2.75, 3.05) is 19.3 Å². The van der Waals surface area contributed by atoms with Crippen LogP contribution in [-0.2, 0) is 16.4 Å². The molecule has 128 valence electrons. The minimum atomic E-state index is -3.14. The molecule has 6 heteroatoms. The van der Waals surface area contributed by atoms with Crippen molar-refractivity contribution in [3.05, 3.63) is 64.4 Å². The molecular formula is C18H21ClN2O2S. The molecule has 1 aromatic heterocycles. The van der Waals surface area contributed by atoms with Crippen LogP contribution in [0.4, 0.5) is 0 Å². The first-order valence-electron chi connectivity index (χ1n) is 8.07. The van der Waals surface area contributed by atoms with Crippen LogP contribution in [-0.4, -0.2) is 37.1 Å². The monoisotopic (exact) mass is 364 g/mol. The predicted octanol–water partition coefficient (Wildman–Crippen LogP) is 3.46. The second-order valence-corrected chi connectivity index (χ2v) is 8.74. The summed E-state index contributed by atoms with van der Waals surface area (Å²) in [7, 11) is -3.14. The highest BCUT2D eigenvalue weighted by atomic mass is 35.5. The van der Waals surface area contributed by atoms with E-state index >= 15 is 0 Å². The van der Waals surface area contributed by atoms with Crippen molar-refractivity contribution in [3.8, 4) is 0 Å². The Labute approximate surface area is 148 Å². The van der Waals surface area contributed by atoms with Gasteiger partial charge in [0.1, 0.15) is 0 Å². The third kappa shape index (κ3) is 4.35. The molecule has 1 saturated heterocycles. The number of benzene rings is 1. The van der Waals surface area contributed by atoms with Crippen molar-refractivity contribution >= 4 is 21.6 Å². The maximum atomic E-state index is 11.8. The van der Waals surface area contributed by atoms with Gasteiger partial charge in [0.05, 0.1) is 6.26 Å². The fraction of sp³-hybridized carbons (Fsp3) is 0.389. The number of sulfonamides is 1. The van der Waals surface area contributed by atoms with Crippen LogP contribution in [0.3, 0.4) is 0 Å². The van der Waals surface area contributed by atoms with Crippen molar-refractivity contribution in [1.29, 1.82) is 0 Å². The Balaban J connectivity index is 1.76. The zero-order valence-corrected chi connectivity index (χ0v) is 15.2. The Morgan fingerprint density at radius 3 is 2.67 bits per heavy atom. The summed E-state index contributed by atoms with van der Waals surface area (Å²) in [5.74, 6) is 0.165. The van der Waals surface area contributed by atoms with E-state index in [-0.39, 0.29) is 5.92 Å². The van der Waals surface area contributed by atoms with E-state index in [0.29, 0.717) is 13.1 Å². The fourth-order valence-corrected chi connectivity index (χ4v) is 4.16. The minimum absolute atomic E-state index is 0.165. The predicted molar refractivity (Wildman–Crippen MR) is 96.9 cm³/mol. The highest BCUT2D eigenvalue weighted by molar-refractivity contribution is 7.88. The number of hydrogen-bond acceptors (Lipinski definition) is 3. The Morgan fingerprint density at radius 1 is 1.21 bits per heavy atom. The third-order valence-electron chi connectivity index (χ3n) is 4.40. The van der Waals surface area contributed by atoms with Crippen molar-refractivity contribution < 1.29 is 8.42 Å². The van der Waals surface area contributed by atoms with E-state index in [2.05, 4.69) is 0 Å². The Bertz CT molecular complexity index is 806. The van der Waals surface area contributed by atoms with Gasteiger partial charge < -0.3 is 0 Å². The van der Waals surface area contributed by atoms with Gasteiger partial charge in [-0.3, -0.25) is 4.98 Å². The Kier molecular flexibility index (Phi) is 5.23. The van der Waals surface area contributed by atoms with Crippen LogP contribution in [0.25, 0.3) is 0 Å². The van der Waals surface area contributed by atoms with Gasteiger partial charge in [0.2, 0.25) is 10.0 Å². The van der Waals surface area contributed by atoms with Crippen LogP contribution in [0.5, 0.6) is 0 Å². The molecular weight excluding hydrogens is 344 g/mol. The van der Waals surface area contributed by atoms with Gasteiger partial charge in [-0.15, -0.1) is 0 Å². The SMILES string of the molecule is CS(=O)(=O)N1CCCC(c2cccc(Cc3ccc(Cl)cc3)n2)C1. The highest BCUT2D eigenvalue weighted by Crippen LogP contribution is 2.27. The fourth-order valence-electron chi connectivity index (χ4n) is 3.12. The van der Waals surface area contributed by atoms with Gasteiger partial charge in [-0.05, 0) is 42.7 Å². The van der Waals surface area contributed by atoms with Crippen LogP contribution in [0, 0.1) is 0 Å². The molecule has 0 radical (unpaired) electrons. The lowest BCUT2D eigenvalue weighted by molar-refractivity contribution is 0.314. The lowest BCUT2D eigenvalue weighted by Crippen LogP contribution is -2.38. The van der Waals surface area contributed by atoms with Crippen molar-refractivity contribution in [2.24, 2.45) is 0 Å². The number of hydrogen-bond donors (Lipinski definition) is 0. The molecule has 1 fully saturated rings. The van der Waals surface area contributed by atoms with Gasteiger partial charge in [-0.25, -0.2) is 12.7 Å². The molecule has 3 rings (SSSR count). The summed E-state index contributed by atoms with van der Waals surface area (Å²) in [5.41, 5.74) is 3.13. The summed E-state index contributed by atoms with van der Waals surface area (Å²) in [6.07, 6.45) is 3.87. The first-order chi connectivity index (χ1) is 11.4. The van der Waals surface area contributed by atoms with Gasteiger partial charge in [-0.1, -0.05) is 29.8 Å². The second-order valence-electron chi connectivity index (χ2n) is 6.32. The number of rotatable bonds is 4. The summed E-state index contributed by atoms with van der Waals surface area (Å²) in [5, 5.41) is 0.725. The van der Waals surface area contributed by atoms with E-state index in [4.69, 9.17) is 16.6 Å². The summed E-state index contributed by atoms with van der Waals surface area (Å²) in [6, 6.07) is 13.8. The zero-order chi connectivity index (χ0) is 17.2. The quantitative estimate of drug-likeness (QED) is 0.834. The highest BCUT2D eigenvalue weighted by Gasteiger charge is 2.27. The molecule has 2 aromatic rings. The molecule has 24 heavy (non-hydrogen) atoms. The molecule has 1 aliphatic rings. The van der Waals surface area contributed by atoms with Crippen LogP contribution in [0.1, 0.15) is 35.7 Å². The first kappa shape index (κ1) is 17.4. The average Bonchev–Trinajstić information content (AvgIpc) is 2.57. The zero-order valence-electron chi connectivity index (χ0n) is 13.7. The van der Waals surface area contributed by atoms with Gasteiger partial charge in [-0.2, -0.15) is 0 Å². The smallest absolute Gasteiger partial charge is 0.211 e. The van der Waals surface area contributed by atoms with Crippen LogP contribution < -0.4 is 0 Å². The topological polar surface area (TPSA) is 50.3 Å². The number of nitrogens with zero attached hydrogens (tertiary/aromatic N) is 2. The summed E-state index contributed by atoms with van der Waals surface area (Å²) in [6.45, 7) is 1.13. The number of pyridine rings is 1. The van der Waals surface area contributed by atoms with Crippen LogP contribution >= 0.6 is 11.6 Å². The molecule has 0 amide bonds. The van der Waals surface area contributed by atoms with Crippen LogP contribution in [0.15, 0.2) is 42.5 Å². The van der Waals surface area contributed by atoms with E-state index in [9.17, 15) is 8.42 Å². The molecule has 2 heterocycles. The minimum Gasteiger partial charge on any atom is -0.257 e. The van der Waals surface area contributed by atoms with E-state index in [0.717, 1.165) is 41.2 Å². The maximum absolute atomic E-state index is 11.8. The van der Waals surface area contributed by atoms with E-state index in [1.807, 2.05) is 42.5 Å². The van der Waals surface area contributed by atoms with Crippen molar-refractivity contribution in [1.82, 2.24) is 9.29 Å². The maximum Gasteiger partial charge on any atom is 0.211 e. The van der Waals surface area contributed by atoms with E-state index in [1.54, 1.807) is 4.31 Å². The van der Waals surface area contributed by atoms with E-state index in [1.165, 1.54) is 6.26 Å². The Morgan fingerprint density at radius 2 is 1.96 bits per heavy atom. The molecule has 4 nitrogen and oxygen atoms in total. The van der Waals surface area contributed by atoms with Gasteiger partial charge in [0.25, 0.3) is 0 Å². The molecule has 0 aliphatic carbocycles. The average molecular weight is 365 g/mol. The normalized spacial score (nSPS) is 19.3. The summed E-state index contributed by atoms with van der Waals surface area (Å²) < 4.78 is 25.2. The standard InChI is InChI=1S/C18H21ClN2O2S/c1-24(22,23)21-11-3-4-15(13-21)18-6-2-5-17(20-18)12-14-7-9-16(19)10-8-14/h2,5-10,15H,3-4,11-13H2,1H3. The third-order valence-corrected chi connectivity index (χ3v) is 5.92. The molecule has 0 N–H and O–H groups in total. The largest absolute Gasteiger partial charge is 0.257 e. The van der Waals surface area contributed by atoms with Crippen molar-refractivity contribution in [2.45, 2.75) is 25.2 Å². The van der Waals surface area contributed by atoms with Gasteiger partial charge >= 0.3 is 0 Å². The van der Waals surface area contributed by atoms with E-state index < -0.39 is 10.0 Å². The lowest BCUT2D eigenvalue weighted by Gasteiger charge is -2.30. The molecule has 0 bridgehead atoms.